The van der Waals surface area contributed by atoms with E-state index in [1.165, 1.54) is 18.2 Å². The fourth-order valence-corrected chi connectivity index (χ4v) is 4.53. The van der Waals surface area contributed by atoms with Crippen LogP contribution in [0.4, 0.5) is 4.39 Å². The maximum Gasteiger partial charge on any atom is 0.247 e. The first-order valence-electron chi connectivity index (χ1n) is 13.7. The van der Waals surface area contributed by atoms with Crippen LogP contribution in [0.5, 0.6) is 0 Å². The molecule has 0 aliphatic rings. The van der Waals surface area contributed by atoms with Gasteiger partial charge < -0.3 is 19.1 Å². The molecule has 4 rings (SSSR count). The summed E-state index contributed by atoms with van der Waals surface area (Å²) in [6, 6.07) is 29.8. The number of carbonyl (C=O) groups is 2. The highest BCUT2D eigenvalue weighted by atomic mass is 19.1. The van der Waals surface area contributed by atoms with Gasteiger partial charge in [0, 0.05) is 51.3 Å². The van der Waals surface area contributed by atoms with E-state index in [0.29, 0.717) is 39.2 Å². The number of hydrogen-bond donors (Lipinski definition) is 0. The second-order valence-electron chi connectivity index (χ2n) is 9.84. The first kappa shape index (κ1) is 29.5. The second-order valence-corrected chi connectivity index (χ2v) is 9.84. The van der Waals surface area contributed by atoms with Crippen LogP contribution in [0, 0.1) is 5.82 Å². The zero-order valence-corrected chi connectivity index (χ0v) is 23.4. The zero-order valence-electron chi connectivity index (χ0n) is 23.4. The molecule has 3 aromatic carbocycles. The van der Waals surface area contributed by atoms with Gasteiger partial charge in [-0.15, -0.1) is 0 Å². The Balaban J connectivity index is 1.53. The van der Waals surface area contributed by atoms with Crippen LogP contribution in [0.1, 0.15) is 28.8 Å². The third-order valence-electron chi connectivity index (χ3n) is 6.74. The molecule has 0 aliphatic heterocycles. The summed E-state index contributed by atoms with van der Waals surface area (Å²) in [5, 5.41) is 0. The number of nitrogens with zero attached hydrogens (tertiary/aromatic N) is 3. The third kappa shape index (κ3) is 9.29. The largest absolute Gasteiger partial charge is 0.385 e. The van der Waals surface area contributed by atoms with Gasteiger partial charge in [-0.1, -0.05) is 72.8 Å². The van der Waals surface area contributed by atoms with Crippen LogP contribution in [0.15, 0.2) is 109 Å². The molecule has 2 amide bonds. The highest BCUT2D eigenvalue weighted by Crippen LogP contribution is 2.15. The number of aromatic nitrogens is 1. The first-order valence-corrected chi connectivity index (χ1v) is 13.7. The van der Waals surface area contributed by atoms with Gasteiger partial charge in [0.15, 0.2) is 0 Å². The molecule has 4 aromatic rings. The molecule has 0 N–H and O–H groups in total. The summed E-state index contributed by atoms with van der Waals surface area (Å²) in [4.78, 5) is 30.4. The van der Waals surface area contributed by atoms with Gasteiger partial charge >= 0.3 is 0 Å². The average Bonchev–Trinajstić information content (AvgIpc) is 3.43. The van der Waals surface area contributed by atoms with Crippen molar-refractivity contribution >= 4 is 17.9 Å². The van der Waals surface area contributed by atoms with E-state index in [4.69, 9.17) is 4.74 Å². The monoisotopic (exact) mass is 553 g/mol. The summed E-state index contributed by atoms with van der Waals surface area (Å²) in [7, 11) is 1.62. The molecule has 0 radical (unpaired) electrons. The van der Waals surface area contributed by atoms with E-state index in [9.17, 15) is 14.0 Å². The van der Waals surface area contributed by atoms with Crippen molar-refractivity contribution in [1.29, 1.82) is 0 Å². The van der Waals surface area contributed by atoms with Crippen LogP contribution in [-0.2, 0) is 34.0 Å². The lowest BCUT2D eigenvalue weighted by Crippen LogP contribution is -2.42. The van der Waals surface area contributed by atoms with E-state index in [2.05, 4.69) is 4.57 Å². The Bertz CT molecular complexity index is 1400. The van der Waals surface area contributed by atoms with Gasteiger partial charge in [-0.3, -0.25) is 9.59 Å². The molecule has 0 bridgehead atoms. The van der Waals surface area contributed by atoms with Gasteiger partial charge in [0.05, 0.1) is 6.54 Å². The molecule has 0 saturated heterocycles. The summed E-state index contributed by atoms with van der Waals surface area (Å²) in [5.41, 5.74) is 3.82. The summed E-state index contributed by atoms with van der Waals surface area (Å²) in [6.07, 6.45) is 5.86. The van der Waals surface area contributed by atoms with Gasteiger partial charge in [0.1, 0.15) is 12.4 Å². The minimum absolute atomic E-state index is 0.0484. The van der Waals surface area contributed by atoms with Crippen molar-refractivity contribution in [2.45, 2.75) is 26.1 Å². The standard InChI is InChI=1S/C34H36FN3O3/c1-41-23-9-22-37(33(39)20-17-28-10-4-2-5-11-28)27-34(40)38(25-29-12-6-3-7-13-29)26-32-14-8-21-36(32)24-30-15-18-31(35)19-16-30/h2-8,10-21H,9,22-27H2,1H3/b20-17+. The van der Waals surface area contributed by atoms with Crippen molar-refractivity contribution in [2.75, 3.05) is 26.8 Å². The molecular weight excluding hydrogens is 517 g/mol. The summed E-state index contributed by atoms with van der Waals surface area (Å²) in [5.74, 6) is -0.649. The van der Waals surface area contributed by atoms with Crippen LogP contribution < -0.4 is 0 Å². The van der Waals surface area contributed by atoms with Gasteiger partial charge in [-0.05, 0) is 53.5 Å². The van der Waals surface area contributed by atoms with Gasteiger partial charge in [0.2, 0.25) is 11.8 Å². The van der Waals surface area contributed by atoms with Crippen LogP contribution in [0.25, 0.3) is 6.08 Å². The first-order chi connectivity index (χ1) is 20.0. The lowest BCUT2D eigenvalue weighted by Gasteiger charge is -2.28. The lowest BCUT2D eigenvalue weighted by atomic mass is 10.2. The third-order valence-corrected chi connectivity index (χ3v) is 6.74. The molecule has 0 unspecified atom stereocenters. The molecule has 41 heavy (non-hydrogen) atoms. The maximum atomic E-state index is 13.8. The van der Waals surface area contributed by atoms with Gasteiger partial charge in [-0.25, -0.2) is 4.39 Å². The van der Waals surface area contributed by atoms with Crippen molar-refractivity contribution in [3.8, 4) is 0 Å². The van der Waals surface area contributed by atoms with Crippen LogP contribution in [-0.4, -0.2) is 53.0 Å². The van der Waals surface area contributed by atoms with Gasteiger partial charge in [-0.2, -0.15) is 0 Å². The highest BCUT2D eigenvalue weighted by Gasteiger charge is 2.22. The minimum atomic E-state index is -0.274. The predicted octanol–water partition coefficient (Wildman–Crippen LogP) is 5.78. The van der Waals surface area contributed by atoms with Crippen molar-refractivity contribution in [3.05, 3.63) is 138 Å². The van der Waals surface area contributed by atoms with E-state index in [-0.39, 0.29) is 24.2 Å². The smallest absolute Gasteiger partial charge is 0.247 e. The number of ether oxygens (including phenoxy) is 1. The molecule has 7 heteroatoms. The van der Waals surface area contributed by atoms with E-state index in [1.807, 2.05) is 79.0 Å². The second kappa shape index (κ2) is 15.3. The number of methoxy groups -OCH3 is 1. The fourth-order valence-electron chi connectivity index (χ4n) is 4.53. The van der Waals surface area contributed by atoms with E-state index in [1.54, 1.807) is 35.1 Å². The molecule has 0 fully saturated rings. The van der Waals surface area contributed by atoms with Gasteiger partial charge in [0.25, 0.3) is 0 Å². The summed E-state index contributed by atoms with van der Waals surface area (Å²) >= 11 is 0. The Morgan fingerprint density at radius 3 is 2.24 bits per heavy atom. The molecule has 0 aliphatic carbocycles. The molecule has 212 valence electrons. The quantitative estimate of drug-likeness (QED) is 0.147. The number of carbonyl (C=O) groups excluding carboxylic acids is 2. The van der Waals surface area contributed by atoms with Crippen LogP contribution in [0.3, 0.4) is 0 Å². The van der Waals surface area contributed by atoms with Crippen LogP contribution >= 0.6 is 0 Å². The number of hydrogen-bond acceptors (Lipinski definition) is 3. The molecule has 0 saturated carbocycles. The SMILES string of the molecule is COCCCN(CC(=O)N(Cc1ccccc1)Cc1cccn1Cc1ccc(F)cc1)C(=O)/C=C/c1ccccc1. The Morgan fingerprint density at radius 1 is 0.829 bits per heavy atom. The van der Waals surface area contributed by atoms with E-state index in [0.717, 1.165) is 22.4 Å². The normalized spacial score (nSPS) is 11.1. The number of halogens is 1. The Kier molecular flexibility index (Phi) is 11.0. The highest BCUT2D eigenvalue weighted by molar-refractivity contribution is 5.94. The van der Waals surface area contributed by atoms with E-state index < -0.39 is 0 Å². The van der Waals surface area contributed by atoms with Crippen molar-refractivity contribution in [2.24, 2.45) is 0 Å². The number of amides is 2. The Labute approximate surface area is 241 Å². The molecule has 1 heterocycles. The summed E-state index contributed by atoms with van der Waals surface area (Å²) in [6.45, 7) is 2.17. The maximum absolute atomic E-state index is 13.8. The molecule has 0 atom stereocenters. The lowest BCUT2D eigenvalue weighted by molar-refractivity contribution is -0.139. The average molecular weight is 554 g/mol. The summed E-state index contributed by atoms with van der Waals surface area (Å²) < 4.78 is 20.7. The number of benzene rings is 3. The molecular formula is C34H36FN3O3. The topological polar surface area (TPSA) is 54.8 Å². The predicted molar refractivity (Wildman–Crippen MR) is 159 cm³/mol. The number of rotatable bonds is 14. The van der Waals surface area contributed by atoms with E-state index >= 15 is 0 Å². The minimum Gasteiger partial charge on any atom is -0.385 e. The Morgan fingerprint density at radius 2 is 1.54 bits per heavy atom. The Hall–Kier alpha value is -4.49. The molecule has 6 nitrogen and oxygen atoms in total. The zero-order chi connectivity index (χ0) is 28.9. The van der Waals surface area contributed by atoms with Crippen molar-refractivity contribution in [3.63, 3.8) is 0 Å². The molecule has 1 aromatic heterocycles. The van der Waals surface area contributed by atoms with Crippen molar-refractivity contribution < 1.29 is 18.7 Å². The molecule has 0 spiro atoms. The fraction of sp³-hybridized carbons (Fsp3) is 0.235. The van der Waals surface area contributed by atoms with Crippen LogP contribution in [0.2, 0.25) is 0 Å². The van der Waals surface area contributed by atoms with Crippen molar-refractivity contribution in [1.82, 2.24) is 14.4 Å².